The molecule has 1 aliphatic rings. The van der Waals surface area contributed by atoms with Crippen LogP contribution in [0.4, 0.5) is 0 Å². The molecule has 0 aliphatic carbocycles. The van der Waals surface area contributed by atoms with Gasteiger partial charge in [-0.2, -0.15) is 0 Å². The van der Waals surface area contributed by atoms with E-state index in [1.165, 1.54) is 45.0 Å². The lowest BCUT2D eigenvalue weighted by Crippen LogP contribution is -2.11. The topological polar surface area (TPSA) is 146 Å². The van der Waals surface area contributed by atoms with E-state index in [1.54, 1.807) is 18.2 Å². The summed E-state index contributed by atoms with van der Waals surface area (Å²) in [6.07, 6.45) is 0.836. The van der Waals surface area contributed by atoms with Crippen molar-refractivity contribution in [2.45, 2.75) is 25.0 Å². The highest BCUT2D eigenvalue weighted by molar-refractivity contribution is 9.11. The van der Waals surface area contributed by atoms with Crippen molar-refractivity contribution >= 4 is 76.4 Å². The van der Waals surface area contributed by atoms with Crippen molar-refractivity contribution in [3.05, 3.63) is 77.4 Å². The predicted octanol–water partition coefficient (Wildman–Crippen LogP) is 5.39. The number of rotatable bonds is 6. The molecule has 1 aromatic heterocycles. The Morgan fingerprint density at radius 1 is 1.00 bits per heavy atom. The van der Waals surface area contributed by atoms with Crippen LogP contribution in [0.2, 0.25) is 0 Å². The number of aliphatic hydroxyl groups is 1. The fourth-order valence-corrected chi connectivity index (χ4v) is 6.01. The average Bonchev–Trinajstić information content (AvgIpc) is 2.93. The Bertz CT molecular complexity index is 1660. The van der Waals surface area contributed by atoms with E-state index in [0.717, 1.165) is 11.8 Å². The van der Waals surface area contributed by atoms with Crippen molar-refractivity contribution in [2.75, 3.05) is 25.7 Å². The minimum absolute atomic E-state index is 0.0715. The second-order valence-corrected chi connectivity index (χ2v) is 13.2. The molecule has 0 saturated carbocycles. The average molecular weight is 720 g/mol. The molecule has 1 aliphatic heterocycles. The highest BCUT2D eigenvalue weighted by Gasteiger charge is 2.25. The van der Waals surface area contributed by atoms with Crippen LogP contribution in [0.15, 0.2) is 64.7 Å². The molecule has 10 nitrogen and oxygen atoms in total. The van der Waals surface area contributed by atoms with Gasteiger partial charge in [-0.25, -0.2) is 18.0 Å². The summed E-state index contributed by atoms with van der Waals surface area (Å²) in [4.78, 5) is 35.1. The van der Waals surface area contributed by atoms with Gasteiger partial charge >= 0.3 is 11.9 Å². The Labute approximate surface area is 250 Å². The van der Waals surface area contributed by atoms with Gasteiger partial charge in [-0.1, -0.05) is 25.6 Å². The fraction of sp³-hybridized carbons (Fsp3) is 0.269. The van der Waals surface area contributed by atoms with Crippen LogP contribution in [0.25, 0.3) is 11.0 Å². The van der Waals surface area contributed by atoms with Crippen LogP contribution in [-0.2, 0) is 19.3 Å². The largest absolute Gasteiger partial charge is 0.465 e. The Morgan fingerprint density at radius 2 is 1.60 bits per heavy atom. The Kier molecular flexibility index (Phi) is 10.6. The Hall–Kier alpha value is -2.65. The Balaban J connectivity index is 0.000000222. The van der Waals surface area contributed by atoms with Crippen LogP contribution in [0.5, 0.6) is 5.75 Å². The van der Waals surface area contributed by atoms with Gasteiger partial charge in [-0.15, -0.1) is 0 Å². The van der Waals surface area contributed by atoms with E-state index in [-0.39, 0.29) is 22.3 Å². The van der Waals surface area contributed by atoms with E-state index >= 15 is 0 Å². The summed E-state index contributed by atoms with van der Waals surface area (Å²) in [6.45, 7) is 3.46. The number of esters is 2. The van der Waals surface area contributed by atoms with Gasteiger partial charge in [0.25, 0.3) is 0 Å². The van der Waals surface area contributed by atoms with Crippen molar-refractivity contribution in [1.29, 1.82) is 0 Å². The lowest BCUT2D eigenvalue weighted by Gasteiger charge is -2.22. The number of carbonyl (C=O) groups excluding carboxylic acids is 2. The van der Waals surface area contributed by atoms with Crippen LogP contribution >= 0.6 is 43.6 Å². The predicted molar refractivity (Wildman–Crippen MR) is 157 cm³/mol. The zero-order chi connectivity index (χ0) is 29.8. The molecule has 0 spiro atoms. The number of ether oxygens (including phenoxy) is 3. The molecule has 4 rings (SSSR count). The van der Waals surface area contributed by atoms with Crippen LogP contribution in [-0.4, -0.2) is 51.2 Å². The standard InChI is InChI=1S/C13H11BrO6S.C13H13BrO4S/c1-3-21(17,18)11-6-10(15)8-4-7(13(16)19-2)5-9(14)12(8)20-11;1-3-19-11-6-10(15)8-4-7(13(16)17-2)5-9(14)12(8)18-11/h4-6H,3H2,1-2H3;4-6,10,15H,3H2,1-2H3. The SMILES string of the molecule is CCS(=O)(=O)c1cc(=O)c2cc(C(=O)OC)cc(Br)c2o1.CCSC1=CC(O)c2cc(C(=O)OC)cc(Br)c2O1. The minimum Gasteiger partial charge on any atom is -0.465 e. The van der Waals surface area contributed by atoms with Crippen molar-refractivity contribution in [2.24, 2.45) is 0 Å². The molecular weight excluding hydrogens is 696 g/mol. The van der Waals surface area contributed by atoms with Gasteiger partial charge in [0, 0.05) is 11.6 Å². The first-order valence-electron chi connectivity index (χ1n) is 11.6. The molecule has 40 heavy (non-hydrogen) atoms. The van der Waals surface area contributed by atoms with Crippen molar-refractivity contribution in [3.63, 3.8) is 0 Å². The molecule has 0 bridgehead atoms. The summed E-state index contributed by atoms with van der Waals surface area (Å²) in [6, 6.07) is 6.83. The molecule has 0 radical (unpaired) electrons. The summed E-state index contributed by atoms with van der Waals surface area (Å²) < 4.78 is 44.8. The van der Waals surface area contributed by atoms with Gasteiger partial charge in [-0.05, 0) is 68.0 Å². The third-order valence-electron chi connectivity index (χ3n) is 5.46. The molecule has 2 heterocycles. The number of thioether (sulfide) groups is 1. The smallest absolute Gasteiger partial charge is 0.337 e. The van der Waals surface area contributed by atoms with Crippen molar-refractivity contribution in [3.8, 4) is 5.75 Å². The number of aliphatic hydroxyl groups excluding tert-OH is 1. The maximum atomic E-state index is 12.1. The molecular formula is C26H24Br2O10S2. The second kappa shape index (κ2) is 13.3. The molecule has 214 valence electrons. The maximum Gasteiger partial charge on any atom is 0.337 e. The summed E-state index contributed by atoms with van der Waals surface area (Å²) in [5.74, 6) is 0.152. The number of methoxy groups -OCH3 is 2. The lowest BCUT2D eigenvalue weighted by molar-refractivity contribution is 0.0591. The van der Waals surface area contributed by atoms with Gasteiger partial charge in [0.15, 0.2) is 16.1 Å². The second-order valence-electron chi connectivity index (χ2n) is 7.99. The number of hydrogen-bond donors (Lipinski definition) is 1. The van der Waals surface area contributed by atoms with Crippen LogP contribution < -0.4 is 10.2 Å². The highest BCUT2D eigenvalue weighted by atomic mass is 79.9. The summed E-state index contributed by atoms with van der Waals surface area (Å²) >= 11 is 8.03. The van der Waals surface area contributed by atoms with Gasteiger partial charge < -0.3 is 23.7 Å². The van der Waals surface area contributed by atoms with Crippen LogP contribution in [0.3, 0.4) is 0 Å². The third kappa shape index (κ3) is 6.97. The molecule has 14 heteroatoms. The number of carbonyl (C=O) groups is 2. The monoisotopic (exact) mass is 718 g/mol. The number of halogens is 2. The van der Waals surface area contributed by atoms with Gasteiger partial charge in [0.1, 0.15) is 11.9 Å². The first-order valence-corrected chi connectivity index (χ1v) is 15.8. The maximum absolute atomic E-state index is 12.1. The summed E-state index contributed by atoms with van der Waals surface area (Å²) in [5.41, 5.74) is 0.609. The normalized spacial score (nSPS) is 14.3. The zero-order valence-corrected chi connectivity index (χ0v) is 26.5. The number of sulfone groups is 1. The molecule has 1 unspecified atom stereocenters. The lowest BCUT2D eigenvalue weighted by atomic mass is 10.0. The molecule has 1 N–H and O–H groups in total. The molecule has 2 aromatic carbocycles. The van der Waals surface area contributed by atoms with Crippen molar-refractivity contribution < 1.29 is 41.7 Å². The quantitative estimate of drug-likeness (QED) is 0.327. The van der Waals surface area contributed by atoms with Gasteiger partial charge in [0.05, 0.1) is 45.4 Å². The van der Waals surface area contributed by atoms with Crippen LogP contribution in [0, 0.1) is 0 Å². The molecule has 0 fully saturated rings. The first-order chi connectivity index (χ1) is 18.9. The molecule has 3 aromatic rings. The van der Waals surface area contributed by atoms with E-state index in [0.29, 0.717) is 30.9 Å². The van der Waals surface area contributed by atoms with Crippen LogP contribution in [0.1, 0.15) is 46.2 Å². The number of benzene rings is 2. The van der Waals surface area contributed by atoms with E-state index in [1.807, 2.05) is 6.92 Å². The van der Waals surface area contributed by atoms with E-state index in [2.05, 4.69) is 41.3 Å². The summed E-state index contributed by atoms with van der Waals surface area (Å²) in [5, 5.41) is 10.5. The van der Waals surface area contributed by atoms with E-state index < -0.39 is 38.4 Å². The van der Waals surface area contributed by atoms with Gasteiger partial charge in [-0.3, -0.25) is 4.79 Å². The molecule has 1 atom stereocenters. The molecule has 0 saturated heterocycles. The third-order valence-corrected chi connectivity index (χ3v) is 9.01. The minimum atomic E-state index is -3.64. The fourth-order valence-electron chi connectivity index (χ4n) is 3.48. The first kappa shape index (κ1) is 31.9. The number of hydrogen-bond acceptors (Lipinski definition) is 11. The molecule has 0 amide bonds. The van der Waals surface area contributed by atoms with E-state index in [9.17, 15) is 27.9 Å². The Morgan fingerprint density at radius 3 is 2.17 bits per heavy atom. The van der Waals surface area contributed by atoms with Crippen molar-refractivity contribution in [1.82, 2.24) is 0 Å². The van der Waals surface area contributed by atoms with E-state index in [4.69, 9.17) is 9.15 Å². The number of fused-ring (bicyclic) bond motifs is 2. The highest BCUT2D eigenvalue weighted by Crippen LogP contribution is 2.42. The summed E-state index contributed by atoms with van der Waals surface area (Å²) in [7, 11) is -1.10. The zero-order valence-electron chi connectivity index (χ0n) is 21.6. The van der Waals surface area contributed by atoms with Gasteiger partial charge in [0.2, 0.25) is 14.9 Å².